The second-order valence-electron chi connectivity index (χ2n) is 10.0. The number of amides is 1. The predicted molar refractivity (Wildman–Crippen MR) is 140 cm³/mol. The lowest BCUT2D eigenvalue weighted by Crippen LogP contribution is -2.30. The summed E-state index contributed by atoms with van der Waals surface area (Å²) in [6.07, 6.45) is 12.8. The Balaban J connectivity index is 1.82. The van der Waals surface area contributed by atoms with E-state index in [1.165, 1.54) is 51.4 Å². The molecule has 2 aromatic rings. The monoisotopic (exact) mass is 470 g/mol. The van der Waals surface area contributed by atoms with Gasteiger partial charge in [0.25, 0.3) is 0 Å². The van der Waals surface area contributed by atoms with E-state index < -0.39 is 6.04 Å². The van der Waals surface area contributed by atoms with Gasteiger partial charge in [-0.2, -0.15) is 4.80 Å². The van der Waals surface area contributed by atoms with Crippen LogP contribution in [0.2, 0.25) is 0 Å². The molecule has 0 aliphatic rings. The summed E-state index contributed by atoms with van der Waals surface area (Å²) in [6.45, 7) is 11.4. The van der Waals surface area contributed by atoms with Crippen LogP contribution < -0.4 is 11.1 Å². The minimum atomic E-state index is -0.957. The Labute approximate surface area is 206 Å². The summed E-state index contributed by atoms with van der Waals surface area (Å²) < 4.78 is 0. The van der Waals surface area contributed by atoms with Gasteiger partial charge in [0.2, 0.25) is 11.7 Å². The topological polar surface area (TPSA) is 98.7 Å². The van der Waals surface area contributed by atoms with Gasteiger partial charge in [0.05, 0.1) is 6.54 Å². The number of para-hydroxylation sites is 1. The number of unbranched alkanes of at least 4 members (excludes halogenated alkanes) is 9. The SMILES string of the molecule is CCCCCCCCCCCCn1nnc(C(N)C(=O)Nc2c(C(C)C)cccc2C(C)C)n1. The third-order valence-corrected chi connectivity index (χ3v) is 6.36. The highest BCUT2D eigenvalue weighted by Gasteiger charge is 2.24. The minimum Gasteiger partial charge on any atom is -0.324 e. The van der Waals surface area contributed by atoms with E-state index in [4.69, 9.17) is 5.73 Å². The number of benzene rings is 1. The van der Waals surface area contributed by atoms with E-state index in [-0.39, 0.29) is 23.6 Å². The van der Waals surface area contributed by atoms with Gasteiger partial charge in [-0.05, 0) is 34.6 Å². The fourth-order valence-corrected chi connectivity index (χ4v) is 4.23. The van der Waals surface area contributed by atoms with Gasteiger partial charge in [-0.25, -0.2) is 0 Å². The molecule has 0 bridgehead atoms. The molecule has 0 radical (unpaired) electrons. The zero-order chi connectivity index (χ0) is 24.9. The number of nitrogens with zero attached hydrogens (tertiary/aromatic N) is 4. The summed E-state index contributed by atoms with van der Waals surface area (Å²) >= 11 is 0. The van der Waals surface area contributed by atoms with Crippen molar-refractivity contribution in [3.8, 4) is 0 Å². The maximum atomic E-state index is 13.0. The van der Waals surface area contributed by atoms with Crippen molar-refractivity contribution in [1.82, 2.24) is 20.2 Å². The molecule has 190 valence electrons. The normalized spacial score (nSPS) is 12.5. The molecule has 1 aromatic heterocycles. The Morgan fingerprint density at radius 2 is 1.44 bits per heavy atom. The van der Waals surface area contributed by atoms with Crippen molar-refractivity contribution in [2.24, 2.45) is 5.73 Å². The quantitative estimate of drug-likeness (QED) is 0.274. The molecular formula is C27H46N6O. The largest absolute Gasteiger partial charge is 0.324 e. The highest BCUT2D eigenvalue weighted by atomic mass is 16.2. The van der Waals surface area contributed by atoms with Gasteiger partial charge in [0.15, 0.2) is 0 Å². The standard InChI is InChI=1S/C27H46N6O/c1-6-7-8-9-10-11-12-13-14-15-19-33-31-26(30-32-33)24(28)27(34)29-25-22(20(2)3)17-16-18-23(25)21(4)5/h16-18,20-21,24H,6-15,19,28H2,1-5H3,(H,29,34). The number of tetrazole rings is 1. The molecule has 34 heavy (non-hydrogen) atoms. The van der Waals surface area contributed by atoms with Crippen molar-refractivity contribution >= 4 is 11.6 Å². The average Bonchev–Trinajstić information content (AvgIpc) is 3.28. The van der Waals surface area contributed by atoms with Crippen LogP contribution in [0.25, 0.3) is 0 Å². The maximum absolute atomic E-state index is 13.0. The highest BCUT2D eigenvalue weighted by molar-refractivity contribution is 5.96. The number of aryl methyl sites for hydroxylation is 1. The summed E-state index contributed by atoms with van der Waals surface area (Å²) in [6, 6.07) is 5.19. The highest BCUT2D eigenvalue weighted by Crippen LogP contribution is 2.32. The van der Waals surface area contributed by atoms with E-state index in [1.54, 1.807) is 4.80 Å². The van der Waals surface area contributed by atoms with E-state index >= 15 is 0 Å². The number of aromatic nitrogens is 4. The third-order valence-electron chi connectivity index (χ3n) is 6.36. The Morgan fingerprint density at radius 1 is 0.912 bits per heavy atom. The fourth-order valence-electron chi connectivity index (χ4n) is 4.23. The Morgan fingerprint density at radius 3 is 1.97 bits per heavy atom. The molecule has 1 unspecified atom stereocenters. The van der Waals surface area contributed by atoms with Crippen LogP contribution in [-0.4, -0.2) is 26.1 Å². The van der Waals surface area contributed by atoms with E-state index in [2.05, 4.69) is 67.5 Å². The summed E-state index contributed by atoms with van der Waals surface area (Å²) in [4.78, 5) is 14.5. The van der Waals surface area contributed by atoms with Crippen LogP contribution in [0.3, 0.4) is 0 Å². The lowest BCUT2D eigenvalue weighted by Gasteiger charge is -2.21. The zero-order valence-electron chi connectivity index (χ0n) is 22.0. The first-order valence-electron chi connectivity index (χ1n) is 13.3. The molecular weight excluding hydrogens is 424 g/mol. The molecule has 7 nitrogen and oxygen atoms in total. The van der Waals surface area contributed by atoms with Crippen LogP contribution in [0.5, 0.6) is 0 Å². The molecule has 0 saturated heterocycles. The lowest BCUT2D eigenvalue weighted by atomic mass is 9.92. The van der Waals surface area contributed by atoms with E-state index in [0.29, 0.717) is 6.54 Å². The van der Waals surface area contributed by atoms with Crippen molar-refractivity contribution in [2.45, 2.75) is 123 Å². The fraction of sp³-hybridized carbons (Fsp3) is 0.704. The smallest absolute Gasteiger partial charge is 0.249 e. The Kier molecular flexibility index (Phi) is 12.2. The molecule has 1 heterocycles. The van der Waals surface area contributed by atoms with Gasteiger partial charge in [0, 0.05) is 5.69 Å². The van der Waals surface area contributed by atoms with Crippen LogP contribution in [0, 0.1) is 0 Å². The number of rotatable bonds is 16. The van der Waals surface area contributed by atoms with Gasteiger partial charge in [0.1, 0.15) is 6.04 Å². The van der Waals surface area contributed by atoms with E-state index in [9.17, 15) is 4.79 Å². The number of carbonyl (C=O) groups is 1. The van der Waals surface area contributed by atoms with E-state index in [0.717, 1.165) is 29.7 Å². The molecule has 0 spiro atoms. The average molecular weight is 471 g/mol. The van der Waals surface area contributed by atoms with Gasteiger partial charge in [-0.1, -0.05) is 111 Å². The van der Waals surface area contributed by atoms with Gasteiger partial charge >= 0.3 is 0 Å². The number of hydrogen-bond acceptors (Lipinski definition) is 5. The minimum absolute atomic E-state index is 0.262. The summed E-state index contributed by atoms with van der Waals surface area (Å²) in [5, 5.41) is 15.6. The van der Waals surface area contributed by atoms with Crippen LogP contribution >= 0.6 is 0 Å². The Bertz CT molecular complexity index is 834. The molecule has 0 saturated carbocycles. The van der Waals surface area contributed by atoms with Crippen molar-refractivity contribution in [2.75, 3.05) is 5.32 Å². The third kappa shape index (κ3) is 8.82. The van der Waals surface area contributed by atoms with Crippen molar-refractivity contribution in [3.63, 3.8) is 0 Å². The van der Waals surface area contributed by atoms with E-state index in [1.807, 2.05) is 6.07 Å². The van der Waals surface area contributed by atoms with Gasteiger partial charge < -0.3 is 11.1 Å². The molecule has 1 atom stereocenters. The molecule has 0 aliphatic heterocycles. The molecule has 0 fully saturated rings. The molecule has 1 amide bonds. The number of nitrogens with one attached hydrogen (secondary N) is 1. The van der Waals surface area contributed by atoms with Crippen molar-refractivity contribution in [1.29, 1.82) is 0 Å². The molecule has 7 heteroatoms. The second kappa shape index (κ2) is 14.9. The van der Waals surface area contributed by atoms with Gasteiger partial charge in [-0.15, -0.1) is 10.2 Å². The molecule has 2 rings (SSSR count). The number of nitrogens with two attached hydrogens (primary N) is 1. The summed E-state index contributed by atoms with van der Waals surface area (Å²) in [7, 11) is 0. The number of hydrogen-bond donors (Lipinski definition) is 2. The maximum Gasteiger partial charge on any atom is 0.249 e. The lowest BCUT2D eigenvalue weighted by molar-refractivity contribution is -0.117. The summed E-state index contributed by atoms with van der Waals surface area (Å²) in [5.74, 6) is 0.516. The number of anilines is 1. The van der Waals surface area contributed by atoms with Crippen LogP contribution in [0.1, 0.15) is 134 Å². The van der Waals surface area contributed by atoms with Crippen molar-refractivity contribution < 1.29 is 4.79 Å². The van der Waals surface area contributed by atoms with Crippen LogP contribution in [-0.2, 0) is 11.3 Å². The van der Waals surface area contributed by atoms with Gasteiger partial charge in [-0.3, -0.25) is 4.79 Å². The molecule has 0 aliphatic carbocycles. The summed E-state index contributed by atoms with van der Waals surface area (Å²) in [5.41, 5.74) is 9.27. The Hall–Kier alpha value is -2.28. The first kappa shape index (κ1) is 28.0. The zero-order valence-corrected chi connectivity index (χ0v) is 22.0. The van der Waals surface area contributed by atoms with Crippen LogP contribution in [0.4, 0.5) is 5.69 Å². The predicted octanol–water partition coefficient (Wildman–Crippen LogP) is 6.48. The van der Waals surface area contributed by atoms with Crippen molar-refractivity contribution in [3.05, 3.63) is 35.2 Å². The number of carbonyl (C=O) groups excluding carboxylic acids is 1. The first-order chi connectivity index (χ1) is 16.3. The molecule has 3 N–H and O–H groups in total. The first-order valence-corrected chi connectivity index (χ1v) is 13.3. The second-order valence-corrected chi connectivity index (χ2v) is 10.0. The van der Waals surface area contributed by atoms with Crippen LogP contribution in [0.15, 0.2) is 18.2 Å². The molecule has 1 aromatic carbocycles.